The first-order valence-corrected chi connectivity index (χ1v) is 3.70. The number of halogens is 1. The molecule has 0 N–H and O–H groups in total. The van der Waals surface area contributed by atoms with E-state index in [1.165, 1.54) is 11.3 Å². The van der Waals surface area contributed by atoms with Crippen molar-refractivity contribution in [2.24, 2.45) is 0 Å². The van der Waals surface area contributed by atoms with Crippen molar-refractivity contribution < 1.29 is 4.79 Å². The van der Waals surface area contributed by atoms with E-state index in [1.807, 2.05) is 6.07 Å². The van der Waals surface area contributed by atoms with Crippen LogP contribution in [0.15, 0.2) is 12.1 Å². The Labute approximate surface area is 62.3 Å². The van der Waals surface area contributed by atoms with Gasteiger partial charge in [0.05, 0.1) is 4.34 Å². The summed E-state index contributed by atoms with van der Waals surface area (Å²) >= 11 is 7.05. The van der Waals surface area contributed by atoms with Crippen LogP contribution in [0.3, 0.4) is 0 Å². The Morgan fingerprint density at radius 1 is 1.67 bits per heavy atom. The highest BCUT2D eigenvalue weighted by molar-refractivity contribution is 7.16. The SMILES string of the molecule is O=CCc1ccc(Cl)s1. The van der Waals surface area contributed by atoms with E-state index in [4.69, 9.17) is 11.6 Å². The lowest BCUT2D eigenvalue weighted by atomic mass is 10.4. The lowest BCUT2D eigenvalue weighted by Gasteiger charge is -1.79. The van der Waals surface area contributed by atoms with Gasteiger partial charge in [0, 0.05) is 11.3 Å². The molecule has 0 spiro atoms. The number of thiophene rings is 1. The summed E-state index contributed by atoms with van der Waals surface area (Å²) in [6.45, 7) is 0. The molecule has 3 heteroatoms. The molecular weight excluding hydrogens is 156 g/mol. The van der Waals surface area contributed by atoms with E-state index in [9.17, 15) is 4.79 Å². The van der Waals surface area contributed by atoms with Gasteiger partial charge < -0.3 is 4.79 Å². The van der Waals surface area contributed by atoms with E-state index in [2.05, 4.69) is 0 Å². The van der Waals surface area contributed by atoms with Crippen molar-refractivity contribution in [3.05, 3.63) is 21.3 Å². The number of hydrogen-bond donors (Lipinski definition) is 0. The monoisotopic (exact) mass is 160 g/mol. The molecule has 0 aromatic carbocycles. The molecule has 48 valence electrons. The molecule has 0 saturated carbocycles. The van der Waals surface area contributed by atoms with E-state index >= 15 is 0 Å². The van der Waals surface area contributed by atoms with Crippen molar-refractivity contribution in [1.29, 1.82) is 0 Å². The Balaban J connectivity index is 2.72. The molecule has 0 atom stereocenters. The summed E-state index contributed by atoms with van der Waals surface area (Å²) in [5, 5.41) is 0. The Morgan fingerprint density at radius 2 is 2.44 bits per heavy atom. The van der Waals surface area contributed by atoms with E-state index in [0.717, 1.165) is 15.5 Å². The molecule has 0 aliphatic carbocycles. The minimum absolute atomic E-state index is 0.484. The highest BCUT2D eigenvalue weighted by Gasteiger charge is 1.94. The maximum absolute atomic E-state index is 9.95. The van der Waals surface area contributed by atoms with Gasteiger partial charge in [-0.1, -0.05) is 11.6 Å². The zero-order chi connectivity index (χ0) is 6.69. The summed E-state index contributed by atoms with van der Waals surface area (Å²) in [4.78, 5) is 11.0. The highest BCUT2D eigenvalue weighted by atomic mass is 35.5. The normalized spacial score (nSPS) is 9.44. The number of carbonyl (C=O) groups excluding carboxylic acids is 1. The van der Waals surface area contributed by atoms with Gasteiger partial charge in [-0.3, -0.25) is 0 Å². The molecule has 1 aromatic heterocycles. The largest absolute Gasteiger partial charge is 0.303 e. The van der Waals surface area contributed by atoms with Gasteiger partial charge >= 0.3 is 0 Å². The van der Waals surface area contributed by atoms with Gasteiger partial charge in [-0.2, -0.15) is 0 Å². The maximum Gasteiger partial charge on any atom is 0.125 e. The van der Waals surface area contributed by atoms with Gasteiger partial charge in [0.15, 0.2) is 0 Å². The van der Waals surface area contributed by atoms with E-state index < -0.39 is 0 Å². The number of carbonyl (C=O) groups is 1. The summed E-state index contributed by atoms with van der Waals surface area (Å²) in [5.41, 5.74) is 0. The van der Waals surface area contributed by atoms with E-state index in [0.29, 0.717) is 6.42 Å². The molecule has 0 radical (unpaired) electrons. The third-order valence-electron chi connectivity index (χ3n) is 0.913. The molecular formula is C6H5ClOS. The molecule has 1 nitrogen and oxygen atoms in total. The molecule has 0 aliphatic heterocycles. The summed E-state index contributed by atoms with van der Waals surface area (Å²) in [5.74, 6) is 0. The second-order valence-electron chi connectivity index (χ2n) is 1.58. The smallest absolute Gasteiger partial charge is 0.125 e. The van der Waals surface area contributed by atoms with Crippen molar-refractivity contribution in [1.82, 2.24) is 0 Å². The van der Waals surface area contributed by atoms with Gasteiger partial charge in [0.25, 0.3) is 0 Å². The predicted octanol–water partition coefficient (Wildman–Crippen LogP) is 2.14. The third-order valence-corrected chi connectivity index (χ3v) is 2.17. The van der Waals surface area contributed by atoms with Crippen molar-refractivity contribution in [3.63, 3.8) is 0 Å². The Kier molecular flexibility index (Phi) is 2.25. The number of hydrogen-bond acceptors (Lipinski definition) is 2. The minimum Gasteiger partial charge on any atom is -0.303 e. The second-order valence-corrected chi connectivity index (χ2v) is 3.38. The molecule has 0 unspecified atom stereocenters. The Bertz CT molecular complexity index is 207. The first-order valence-electron chi connectivity index (χ1n) is 2.51. The molecule has 1 aromatic rings. The summed E-state index contributed by atoms with van der Waals surface area (Å²) in [7, 11) is 0. The average Bonchev–Trinajstić information content (AvgIpc) is 2.17. The van der Waals surface area contributed by atoms with Gasteiger partial charge in [0.2, 0.25) is 0 Å². The summed E-state index contributed by atoms with van der Waals surface area (Å²) < 4.78 is 0.742. The molecule has 0 aliphatic rings. The van der Waals surface area contributed by atoms with Crippen molar-refractivity contribution in [2.45, 2.75) is 6.42 Å². The van der Waals surface area contributed by atoms with Crippen LogP contribution in [0.1, 0.15) is 4.88 Å². The number of rotatable bonds is 2. The molecule has 0 saturated heterocycles. The van der Waals surface area contributed by atoms with Crippen molar-refractivity contribution in [2.75, 3.05) is 0 Å². The topological polar surface area (TPSA) is 17.1 Å². The highest BCUT2D eigenvalue weighted by Crippen LogP contribution is 2.20. The fraction of sp³-hybridized carbons (Fsp3) is 0.167. The first kappa shape index (κ1) is 6.78. The van der Waals surface area contributed by atoms with Crippen LogP contribution in [0, 0.1) is 0 Å². The second kappa shape index (κ2) is 2.99. The van der Waals surface area contributed by atoms with Crippen LogP contribution in [0.5, 0.6) is 0 Å². The van der Waals surface area contributed by atoms with Crippen LogP contribution in [0.25, 0.3) is 0 Å². The predicted molar refractivity (Wildman–Crippen MR) is 39.1 cm³/mol. The van der Waals surface area contributed by atoms with Crippen LogP contribution >= 0.6 is 22.9 Å². The van der Waals surface area contributed by atoms with Crippen LogP contribution in [-0.4, -0.2) is 6.29 Å². The number of aldehydes is 1. The molecule has 0 amide bonds. The van der Waals surface area contributed by atoms with Crippen LogP contribution in [-0.2, 0) is 11.2 Å². The lowest BCUT2D eigenvalue weighted by Crippen LogP contribution is -1.76. The van der Waals surface area contributed by atoms with E-state index in [-0.39, 0.29) is 0 Å². The zero-order valence-corrected chi connectivity index (χ0v) is 6.21. The van der Waals surface area contributed by atoms with Gasteiger partial charge in [0.1, 0.15) is 6.29 Å². The molecule has 1 heterocycles. The molecule has 0 bridgehead atoms. The third kappa shape index (κ3) is 1.80. The molecule has 9 heavy (non-hydrogen) atoms. The standard InChI is InChI=1S/C6H5ClOS/c7-6-2-1-5(9-6)3-4-8/h1-2,4H,3H2. The Hall–Kier alpha value is -0.340. The molecule has 0 fully saturated rings. The average molecular weight is 161 g/mol. The molecule has 1 rings (SSSR count). The van der Waals surface area contributed by atoms with E-state index in [1.54, 1.807) is 6.07 Å². The fourth-order valence-electron chi connectivity index (χ4n) is 0.544. The van der Waals surface area contributed by atoms with Gasteiger partial charge in [-0.25, -0.2) is 0 Å². The quantitative estimate of drug-likeness (QED) is 0.606. The minimum atomic E-state index is 0.484. The van der Waals surface area contributed by atoms with Crippen LogP contribution in [0.2, 0.25) is 4.34 Å². The zero-order valence-electron chi connectivity index (χ0n) is 4.63. The van der Waals surface area contributed by atoms with Crippen LogP contribution < -0.4 is 0 Å². The Morgan fingerprint density at radius 3 is 2.89 bits per heavy atom. The van der Waals surface area contributed by atoms with Crippen molar-refractivity contribution in [3.8, 4) is 0 Å². The van der Waals surface area contributed by atoms with Gasteiger partial charge in [-0.05, 0) is 12.1 Å². The fourth-order valence-corrected chi connectivity index (χ4v) is 1.58. The lowest BCUT2D eigenvalue weighted by molar-refractivity contribution is -0.107. The summed E-state index contributed by atoms with van der Waals surface area (Å²) in [6, 6.07) is 3.66. The van der Waals surface area contributed by atoms with Crippen LogP contribution in [0.4, 0.5) is 0 Å². The maximum atomic E-state index is 9.95. The van der Waals surface area contributed by atoms with Gasteiger partial charge in [-0.15, -0.1) is 11.3 Å². The first-order chi connectivity index (χ1) is 4.33. The van der Waals surface area contributed by atoms with Crippen molar-refractivity contribution >= 4 is 29.2 Å². The summed E-state index contributed by atoms with van der Waals surface area (Å²) in [6.07, 6.45) is 1.36.